The lowest BCUT2D eigenvalue weighted by molar-refractivity contribution is 0.0600. The molecule has 0 fully saturated rings. The molecule has 0 aliphatic rings. The fourth-order valence-corrected chi connectivity index (χ4v) is 2.68. The van der Waals surface area contributed by atoms with E-state index >= 15 is 0 Å². The van der Waals surface area contributed by atoms with E-state index in [1.54, 1.807) is 25.5 Å². The summed E-state index contributed by atoms with van der Waals surface area (Å²) in [4.78, 5) is 35.7. The van der Waals surface area contributed by atoms with E-state index in [2.05, 4.69) is 15.5 Å². The molecule has 0 atom stereocenters. The maximum Gasteiger partial charge on any atom is 0.337 e. The summed E-state index contributed by atoms with van der Waals surface area (Å²) in [6, 6.07) is 7.70. The van der Waals surface area contributed by atoms with Crippen molar-refractivity contribution in [3.63, 3.8) is 0 Å². The van der Waals surface area contributed by atoms with E-state index in [9.17, 15) is 14.4 Å². The van der Waals surface area contributed by atoms with E-state index in [-0.39, 0.29) is 11.8 Å². The van der Waals surface area contributed by atoms with E-state index in [1.807, 2.05) is 0 Å². The second kappa shape index (κ2) is 7.71. The Kier molecular flexibility index (Phi) is 5.67. The van der Waals surface area contributed by atoms with Gasteiger partial charge in [0.05, 0.1) is 18.2 Å². The predicted octanol–water partition coefficient (Wildman–Crippen LogP) is 1.99. The van der Waals surface area contributed by atoms with Gasteiger partial charge in [-0.1, -0.05) is 0 Å². The fraction of sp³-hybridized carbons (Fsp3) is 0.188. The third-order valence-electron chi connectivity index (χ3n) is 3.03. The molecule has 1 heterocycles. The van der Waals surface area contributed by atoms with Crippen molar-refractivity contribution in [2.45, 2.75) is 0 Å². The minimum atomic E-state index is -0.470. The number of carbonyl (C=O) groups excluding carboxylic acids is 3. The largest absolute Gasteiger partial charge is 0.465 e. The van der Waals surface area contributed by atoms with Crippen molar-refractivity contribution < 1.29 is 19.1 Å². The van der Waals surface area contributed by atoms with Crippen molar-refractivity contribution in [3.8, 4) is 0 Å². The van der Waals surface area contributed by atoms with Crippen LogP contribution < -0.4 is 10.7 Å². The number of carbonyl (C=O) groups is 3. The Hall–Kier alpha value is -2.71. The molecule has 0 spiro atoms. The number of esters is 1. The average molecular weight is 347 g/mol. The van der Waals surface area contributed by atoms with Crippen molar-refractivity contribution in [3.05, 3.63) is 52.4 Å². The van der Waals surface area contributed by atoms with Crippen LogP contribution in [-0.4, -0.2) is 44.0 Å². The van der Waals surface area contributed by atoms with Gasteiger partial charge in [-0.25, -0.2) is 9.80 Å². The Morgan fingerprint density at radius 3 is 2.21 bits per heavy atom. The van der Waals surface area contributed by atoms with Crippen LogP contribution in [0.5, 0.6) is 0 Å². The molecular formula is C16H17N3O4S. The number of hydrogen-bond acceptors (Lipinski definition) is 6. The van der Waals surface area contributed by atoms with Crippen LogP contribution >= 0.6 is 11.3 Å². The second-order valence-corrected chi connectivity index (χ2v) is 5.94. The average Bonchev–Trinajstić information content (AvgIpc) is 3.01. The van der Waals surface area contributed by atoms with Crippen molar-refractivity contribution in [1.29, 1.82) is 0 Å². The summed E-state index contributed by atoms with van der Waals surface area (Å²) in [5.74, 6) is -1.15. The Balaban J connectivity index is 2.12. The highest BCUT2D eigenvalue weighted by Crippen LogP contribution is 2.24. The Morgan fingerprint density at radius 1 is 1.00 bits per heavy atom. The first kappa shape index (κ1) is 17.6. The number of benzene rings is 1. The summed E-state index contributed by atoms with van der Waals surface area (Å²) in [6.07, 6.45) is 0. The van der Waals surface area contributed by atoms with Gasteiger partial charge in [0, 0.05) is 19.7 Å². The number of thiophene rings is 1. The number of methoxy groups -OCH3 is 1. The number of nitrogens with zero attached hydrogens (tertiary/aromatic N) is 1. The van der Waals surface area contributed by atoms with Crippen molar-refractivity contribution in [2.75, 3.05) is 26.5 Å². The van der Waals surface area contributed by atoms with E-state index in [0.29, 0.717) is 21.7 Å². The Bertz CT molecular complexity index is 753. The minimum Gasteiger partial charge on any atom is -0.465 e. The van der Waals surface area contributed by atoms with E-state index in [4.69, 9.17) is 0 Å². The molecule has 7 nitrogen and oxygen atoms in total. The summed E-state index contributed by atoms with van der Waals surface area (Å²) < 4.78 is 4.61. The van der Waals surface area contributed by atoms with Gasteiger partial charge in [0.25, 0.3) is 11.8 Å². The topological polar surface area (TPSA) is 87.7 Å². The first-order chi connectivity index (χ1) is 11.4. The smallest absolute Gasteiger partial charge is 0.337 e. The first-order valence-corrected chi connectivity index (χ1v) is 7.86. The summed E-state index contributed by atoms with van der Waals surface area (Å²) in [7, 11) is 4.69. The molecule has 24 heavy (non-hydrogen) atoms. The molecule has 0 radical (unpaired) electrons. The minimum absolute atomic E-state index is 0.308. The SMILES string of the molecule is COC(=O)c1ccc(C(=O)Nc2sccc2C(=O)NN(C)C)cc1. The second-order valence-electron chi connectivity index (χ2n) is 5.02. The number of nitrogens with one attached hydrogen (secondary N) is 2. The van der Waals surface area contributed by atoms with Gasteiger partial charge in [0.2, 0.25) is 0 Å². The molecule has 2 rings (SSSR count). The van der Waals surface area contributed by atoms with Crippen LogP contribution in [0.25, 0.3) is 0 Å². The number of amides is 2. The van der Waals surface area contributed by atoms with Gasteiger partial charge in [-0.05, 0) is 35.7 Å². The molecule has 1 aromatic heterocycles. The van der Waals surface area contributed by atoms with Gasteiger partial charge in [-0.2, -0.15) is 0 Å². The summed E-state index contributed by atoms with van der Waals surface area (Å²) in [6.45, 7) is 0. The lowest BCUT2D eigenvalue weighted by Gasteiger charge is -2.12. The zero-order chi connectivity index (χ0) is 17.7. The summed E-state index contributed by atoms with van der Waals surface area (Å²) >= 11 is 1.25. The highest BCUT2D eigenvalue weighted by atomic mass is 32.1. The standard InChI is InChI=1S/C16H17N3O4S/c1-19(2)18-14(21)12-8-9-24-15(12)17-13(20)10-4-6-11(7-5-10)16(22)23-3/h4-9H,1-3H3,(H,17,20)(H,18,21). The van der Waals surface area contributed by atoms with Crippen molar-refractivity contribution in [1.82, 2.24) is 10.4 Å². The molecule has 8 heteroatoms. The zero-order valence-electron chi connectivity index (χ0n) is 13.5. The van der Waals surface area contributed by atoms with E-state index < -0.39 is 5.97 Å². The maximum atomic E-state index is 12.3. The molecule has 0 bridgehead atoms. The normalized spacial score (nSPS) is 10.3. The lowest BCUT2D eigenvalue weighted by atomic mass is 10.1. The number of anilines is 1. The number of rotatable bonds is 5. The molecule has 126 valence electrons. The van der Waals surface area contributed by atoms with Crippen LogP contribution in [0.4, 0.5) is 5.00 Å². The molecule has 2 aromatic rings. The van der Waals surface area contributed by atoms with Crippen LogP contribution in [0.3, 0.4) is 0 Å². The first-order valence-electron chi connectivity index (χ1n) is 6.98. The van der Waals surface area contributed by atoms with Gasteiger partial charge in [0.15, 0.2) is 0 Å². The number of ether oxygens (including phenoxy) is 1. The highest BCUT2D eigenvalue weighted by Gasteiger charge is 2.16. The fourth-order valence-electron chi connectivity index (χ4n) is 1.90. The monoisotopic (exact) mass is 347 g/mol. The lowest BCUT2D eigenvalue weighted by Crippen LogP contribution is -2.36. The van der Waals surface area contributed by atoms with Crippen molar-refractivity contribution >= 4 is 34.1 Å². The number of hydrazine groups is 1. The van der Waals surface area contributed by atoms with Gasteiger partial charge in [-0.3, -0.25) is 15.0 Å². The van der Waals surface area contributed by atoms with Crippen LogP contribution in [0.15, 0.2) is 35.7 Å². The van der Waals surface area contributed by atoms with Crippen LogP contribution in [-0.2, 0) is 4.74 Å². The van der Waals surface area contributed by atoms with Gasteiger partial charge >= 0.3 is 5.97 Å². The van der Waals surface area contributed by atoms with Gasteiger partial charge < -0.3 is 10.1 Å². The highest BCUT2D eigenvalue weighted by molar-refractivity contribution is 7.14. The Labute approximate surface area is 143 Å². The van der Waals surface area contributed by atoms with Crippen LogP contribution in [0.2, 0.25) is 0 Å². The molecule has 1 aromatic carbocycles. The third-order valence-corrected chi connectivity index (χ3v) is 3.86. The summed E-state index contributed by atoms with van der Waals surface area (Å²) in [5, 5.41) is 6.41. The molecule has 0 saturated carbocycles. The molecule has 2 amide bonds. The van der Waals surface area contributed by atoms with E-state index in [0.717, 1.165) is 0 Å². The van der Waals surface area contributed by atoms with Crippen molar-refractivity contribution in [2.24, 2.45) is 0 Å². The molecular weight excluding hydrogens is 330 g/mol. The molecule has 0 saturated heterocycles. The summed E-state index contributed by atoms with van der Waals surface area (Å²) in [5.41, 5.74) is 3.73. The molecule has 0 unspecified atom stereocenters. The molecule has 0 aliphatic heterocycles. The Morgan fingerprint density at radius 2 is 1.62 bits per heavy atom. The van der Waals surface area contributed by atoms with E-state index in [1.165, 1.54) is 47.7 Å². The van der Waals surface area contributed by atoms with Crippen LogP contribution in [0, 0.1) is 0 Å². The third kappa shape index (κ3) is 4.18. The van der Waals surface area contributed by atoms with Gasteiger partial charge in [0.1, 0.15) is 5.00 Å². The van der Waals surface area contributed by atoms with Crippen LogP contribution in [0.1, 0.15) is 31.1 Å². The molecule has 2 N–H and O–H groups in total. The zero-order valence-corrected chi connectivity index (χ0v) is 14.3. The number of hydrogen-bond donors (Lipinski definition) is 2. The predicted molar refractivity (Wildman–Crippen MR) is 91.2 cm³/mol. The quantitative estimate of drug-likeness (QED) is 0.638. The molecule has 0 aliphatic carbocycles. The maximum absolute atomic E-state index is 12.3. The van der Waals surface area contributed by atoms with Gasteiger partial charge in [-0.15, -0.1) is 11.3 Å².